The molecule has 0 spiro atoms. The standard InChI is InChI=1S/C20H32N2O3/c1-15(2)19(23)8-11-21-20(24)22-18(17-6-4-3-5-7-17)14-16-9-12-25-13-10-16/h3-7,15-16,18-19,23H,8-14H2,1-2H3,(H2,21,22,24). The molecule has 1 saturated heterocycles. The Morgan fingerprint density at radius 1 is 1.24 bits per heavy atom. The maximum absolute atomic E-state index is 12.3. The molecule has 2 unspecified atom stereocenters. The van der Waals surface area contributed by atoms with E-state index in [1.165, 1.54) is 0 Å². The van der Waals surface area contributed by atoms with Crippen LogP contribution in [-0.4, -0.2) is 37.0 Å². The Hall–Kier alpha value is -1.59. The molecule has 1 heterocycles. The Labute approximate surface area is 151 Å². The summed E-state index contributed by atoms with van der Waals surface area (Å²) in [6.45, 7) is 6.05. The molecule has 0 saturated carbocycles. The average Bonchev–Trinajstić information content (AvgIpc) is 2.62. The maximum Gasteiger partial charge on any atom is 0.315 e. The van der Waals surface area contributed by atoms with Crippen LogP contribution >= 0.6 is 0 Å². The zero-order chi connectivity index (χ0) is 18.1. The lowest BCUT2D eigenvalue weighted by atomic mass is 9.89. The van der Waals surface area contributed by atoms with E-state index in [2.05, 4.69) is 22.8 Å². The van der Waals surface area contributed by atoms with Gasteiger partial charge in [0.1, 0.15) is 0 Å². The molecule has 5 nitrogen and oxygen atoms in total. The molecule has 5 heteroatoms. The van der Waals surface area contributed by atoms with Crippen LogP contribution in [0.5, 0.6) is 0 Å². The van der Waals surface area contributed by atoms with Gasteiger partial charge in [-0.3, -0.25) is 0 Å². The number of carbonyl (C=O) groups is 1. The second kappa shape index (κ2) is 10.4. The fraction of sp³-hybridized carbons (Fsp3) is 0.650. The highest BCUT2D eigenvalue weighted by Gasteiger charge is 2.22. The van der Waals surface area contributed by atoms with Crippen molar-refractivity contribution >= 4 is 6.03 Å². The van der Waals surface area contributed by atoms with Crippen LogP contribution in [-0.2, 0) is 4.74 Å². The zero-order valence-electron chi connectivity index (χ0n) is 15.4. The molecule has 3 N–H and O–H groups in total. The third kappa shape index (κ3) is 7.04. The molecule has 1 fully saturated rings. The van der Waals surface area contributed by atoms with E-state index in [0.717, 1.165) is 38.0 Å². The van der Waals surface area contributed by atoms with E-state index in [4.69, 9.17) is 4.74 Å². The normalized spacial score (nSPS) is 17.9. The molecule has 1 aromatic rings. The first kappa shape index (κ1) is 19.7. The Kier molecular flexibility index (Phi) is 8.22. The van der Waals surface area contributed by atoms with Gasteiger partial charge in [0, 0.05) is 19.8 Å². The second-order valence-corrected chi connectivity index (χ2v) is 7.25. The van der Waals surface area contributed by atoms with Crippen molar-refractivity contribution in [1.82, 2.24) is 10.6 Å². The van der Waals surface area contributed by atoms with Crippen LogP contribution in [0, 0.1) is 11.8 Å². The van der Waals surface area contributed by atoms with Gasteiger partial charge in [-0.15, -0.1) is 0 Å². The summed E-state index contributed by atoms with van der Waals surface area (Å²) >= 11 is 0. The highest BCUT2D eigenvalue weighted by atomic mass is 16.5. The van der Waals surface area contributed by atoms with Crippen molar-refractivity contribution in [3.05, 3.63) is 35.9 Å². The van der Waals surface area contributed by atoms with Crippen molar-refractivity contribution in [2.45, 2.75) is 51.7 Å². The Morgan fingerprint density at radius 3 is 2.56 bits per heavy atom. The van der Waals surface area contributed by atoms with Gasteiger partial charge in [-0.25, -0.2) is 4.79 Å². The fourth-order valence-corrected chi connectivity index (χ4v) is 3.16. The number of carbonyl (C=O) groups excluding carboxylic acids is 1. The van der Waals surface area contributed by atoms with Gasteiger partial charge < -0.3 is 20.5 Å². The number of hydrogen-bond acceptors (Lipinski definition) is 3. The van der Waals surface area contributed by atoms with Gasteiger partial charge in [-0.2, -0.15) is 0 Å². The van der Waals surface area contributed by atoms with E-state index >= 15 is 0 Å². The van der Waals surface area contributed by atoms with Crippen LogP contribution in [0.4, 0.5) is 4.79 Å². The third-order valence-corrected chi connectivity index (χ3v) is 4.91. The SMILES string of the molecule is CC(C)C(O)CCNC(=O)NC(CC1CCOCC1)c1ccccc1. The summed E-state index contributed by atoms with van der Waals surface area (Å²) < 4.78 is 5.44. The highest BCUT2D eigenvalue weighted by molar-refractivity contribution is 5.74. The van der Waals surface area contributed by atoms with Gasteiger partial charge in [0.2, 0.25) is 0 Å². The number of aliphatic hydroxyl groups is 1. The van der Waals surface area contributed by atoms with Gasteiger partial charge in [0.25, 0.3) is 0 Å². The van der Waals surface area contributed by atoms with Gasteiger partial charge in [0.05, 0.1) is 12.1 Å². The van der Waals surface area contributed by atoms with Crippen molar-refractivity contribution < 1.29 is 14.6 Å². The topological polar surface area (TPSA) is 70.6 Å². The summed E-state index contributed by atoms with van der Waals surface area (Å²) in [6, 6.07) is 9.95. The van der Waals surface area contributed by atoms with Crippen molar-refractivity contribution in [3.8, 4) is 0 Å². The van der Waals surface area contributed by atoms with Crippen molar-refractivity contribution in [3.63, 3.8) is 0 Å². The lowest BCUT2D eigenvalue weighted by molar-refractivity contribution is 0.0609. The lowest BCUT2D eigenvalue weighted by Crippen LogP contribution is -2.40. The highest BCUT2D eigenvalue weighted by Crippen LogP contribution is 2.27. The summed E-state index contributed by atoms with van der Waals surface area (Å²) in [5, 5.41) is 15.8. The number of urea groups is 1. The average molecular weight is 348 g/mol. The Bertz CT molecular complexity index is 501. The zero-order valence-corrected chi connectivity index (χ0v) is 15.4. The van der Waals surface area contributed by atoms with E-state index in [1.54, 1.807) is 0 Å². The molecule has 2 atom stereocenters. The number of hydrogen-bond donors (Lipinski definition) is 3. The number of rotatable bonds is 8. The molecule has 2 rings (SSSR count). The molecular weight excluding hydrogens is 316 g/mol. The summed E-state index contributed by atoms with van der Waals surface area (Å²) in [7, 11) is 0. The quantitative estimate of drug-likeness (QED) is 0.675. The van der Waals surface area contributed by atoms with Crippen LogP contribution in [0.15, 0.2) is 30.3 Å². The molecule has 0 bridgehead atoms. The minimum absolute atomic E-state index is 0.000628. The number of ether oxygens (including phenoxy) is 1. The first-order valence-corrected chi connectivity index (χ1v) is 9.41. The largest absolute Gasteiger partial charge is 0.393 e. The van der Waals surface area contributed by atoms with E-state index in [0.29, 0.717) is 18.9 Å². The Morgan fingerprint density at radius 2 is 1.92 bits per heavy atom. The van der Waals surface area contributed by atoms with Crippen LogP contribution in [0.1, 0.15) is 51.1 Å². The van der Waals surface area contributed by atoms with E-state index in [-0.39, 0.29) is 24.1 Å². The molecular formula is C20H32N2O3. The minimum Gasteiger partial charge on any atom is -0.393 e. The van der Waals surface area contributed by atoms with Crippen molar-refractivity contribution in [1.29, 1.82) is 0 Å². The Balaban J connectivity index is 1.87. The fourth-order valence-electron chi connectivity index (χ4n) is 3.16. The van der Waals surface area contributed by atoms with Crippen LogP contribution in [0.3, 0.4) is 0 Å². The summed E-state index contributed by atoms with van der Waals surface area (Å²) in [4.78, 5) is 12.3. The molecule has 0 aliphatic carbocycles. The van der Waals surface area contributed by atoms with Crippen molar-refractivity contribution in [2.75, 3.05) is 19.8 Å². The molecule has 0 aromatic heterocycles. The van der Waals surface area contributed by atoms with Gasteiger partial charge in [-0.1, -0.05) is 44.2 Å². The maximum atomic E-state index is 12.3. The minimum atomic E-state index is -0.382. The lowest BCUT2D eigenvalue weighted by Gasteiger charge is -2.27. The van der Waals surface area contributed by atoms with Crippen LogP contribution in [0.2, 0.25) is 0 Å². The number of aliphatic hydroxyl groups excluding tert-OH is 1. The smallest absolute Gasteiger partial charge is 0.315 e. The summed E-state index contributed by atoms with van der Waals surface area (Å²) in [5.74, 6) is 0.775. The monoisotopic (exact) mass is 348 g/mol. The molecule has 1 aliphatic rings. The molecule has 1 aromatic carbocycles. The van der Waals surface area contributed by atoms with E-state index in [9.17, 15) is 9.90 Å². The molecule has 25 heavy (non-hydrogen) atoms. The van der Waals surface area contributed by atoms with Gasteiger partial charge in [0.15, 0.2) is 0 Å². The number of nitrogens with one attached hydrogen (secondary N) is 2. The molecule has 2 amide bonds. The summed E-state index contributed by atoms with van der Waals surface area (Å²) in [6.07, 6.45) is 3.21. The van der Waals surface area contributed by atoms with Crippen LogP contribution in [0.25, 0.3) is 0 Å². The van der Waals surface area contributed by atoms with Gasteiger partial charge in [-0.05, 0) is 43.1 Å². The predicted octanol–water partition coefficient (Wildman–Crippen LogP) is 3.25. The van der Waals surface area contributed by atoms with Gasteiger partial charge >= 0.3 is 6.03 Å². The molecule has 0 radical (unpaired) electrons. The number of benzene rings is 1. The van der Waals surface area contributed by atoms with Crippen molar-refractivity contribution in [2.24, 2.45) is 11.8 Å². The second-order valence-electron chi connectivity index (χ2n) is 7.25. The van der Waals surface area contributed by atoms with E-state index < -0.39 is 0 Å². The van der Waals surface area contributed by atoms with Crippen LogP contribution < -0.4 is 10.6 Å². The van der Waals surface area contributed by atoms with E-state index in [1.807, 2.05) is 32.0 Å². The first-order chi connectivity index (χ1) is 12.1. The molecule has 1 aliphatic heterocycles. The number of amides is 2. The first-order valence-electron chi connectivity index (χ1n) is 9.41. The molecule has 140 valence electrons. The predicted molar refractivity (Wildman–Crippen MR) is 99.3 cm³/mol. The third-order valence-electron chi connectivity index (χ3n) is 4.91. The summed E-state index contributed by atoms with van der Waals surface area (Å²) in [5.41, 5.74) is 1.13.